The molecule has 0 aromatic heterocycles. The standard InChI is InChI=1S/C54H70O2P2/c1-36(57(55,42-27-19-38(20-28-42)48(3,4)5)43-29-21-39(22-30-43)49(6,7)8)35-46-52(15,16)54(46)47(53(54,17)18)37(2)58(56,44-31-23-40(24-32-44)50(9,10)11)45-33-25-41(26-34-45)51(12,13)14/h19-34H,1-18H3/b47-37+/t35?,54-/m0/s1. The molecule has 0 bridgehead atoms. The van der Waals surface area contributed by atoms with Gasteiger partial charge in [0, 0.05) is 42.8 Å². The Morgan fingerprint density at radius 2 is 0.690 bits per heavy atom. The molecule has 6 rings (SSSR count). The molecule has 4 aromatic rings. The third-order valence-electron chi connectivity index (χ3n) is 13.8. The normalized spacial score (nSPS) is 20.1. The molecule has 0 saturated heterocycles. The van der Waals surface area contributed by atoms with E-state index in [1.165, 1.54) is 27.8 Å². The Labute approximate surface area is 352 Å². The van der Waals surface area contributed by atoms with Crippen molar-refractivity contribution in [2.45, 2.75) is 146 Å². The molecule has 2 aliphatic carbocycles. The van der Waals surface area contributed by atoms with Gasteiger partial charge in [0.2, 0.25) is 0 Å². The molecule has 0 N–H and O–H groups in total. The van der Waals surface area contributed by atoms with Crippen LogP contribution in [0.4, 0.5) is 0 Å². The highest BCUT2D eigenvalue weighted by Gasteiger charge is 2.88. The second-order valence-electron chi connectivity index (χ2n) is 22.5. The minimum atomic E-state index is -3.29. The van der Waals surface area contributed by atoms with E-state index in [4.69, 9.17) is 0 Å². The molecule has 308 valence electrons. The first-order chi connectivity index (χ1) is 26.4. The van der Waals surface area contributed by atoms with Crippen molar-refractivity contribution in [3.8, 4) is 0 Å². The van der Waals surface area contributed by atoms with E-state index in [-0.39, 0.29) is 37.9 Å². The van der Waals surface area contributed by atoms with Crippen LogP contribution in [0.2, 0.25) is 0 Å². The summed E-state index contributed by atoms with van der Waals surface area (Å²) < 4.78 is 32.2. The zero-order valence-corrected chi connectivity index (χ0v) is 40.7. The summed E-state index contributed by atoms with van der Waals surface area (Å²) in [7, 11) is -6.57. The van der Waals surface area contributed by atoms with E-state index in [0.717, 1.165) is 37.4 Å². The quantitative estimate of drug-likeness (QED) is 0.144. The molecule has 4 aromatic carbocycles. The van der Waals surface area contributed by atoms with Crippen molar-refractivity contribution in [3.05, 3.63) is 147 Å². The van der Waals surface area contributed by atoms with Crippen LogP contribution in [0.25, 0.3) is 0 Å². The zero-order valence-electron chi connectivity index (χ0n) is 38.9. The Morgan fingerprint density at radius 1 is 0.431 bits per heavy atom. The number of hydrogen-bond acceptors (Lipinski definition) is 2. The molecular weight excluding hydrogens is 743 g/mol. The molecule has 2 nitrogen and oxygen atoms in total. The van der Waals surface area contributed by atoms with Crippen LogP contribution >= 0.6 is 14.3 Å². The van der Waals surface area contributed by atoms with Gasteiger partial charge >= 0.3 is 0 Å². The van der Waals surface area contributed by atoms with Crippen LogP contribution in [0.15, 0.2) is 125 Å². The number of hydrogen-bond donors (Lipinski definition) is 0. The van der Waals surface area contributed by atoms with Gasteiger partial charge in [-0.3, -0.25) is 0 Å². The second kappa shape index (κ2) is 13.8. The van der Waals surface area contributed by atoms with Gasteiger partial charge in [0.15, 0.2) is 14.3 Å². The molecule has 4 heteroatoms. The van der Waals surface area contributed by atoms with Gasteiger partial charge in [0.05, 0.1) is 0 Å². The fourth-order valence-electron chi connectivity index (χ4n) is 9.99. The largest absolute Gasteiger partial charge is 0.309 e. The van der Waals surface area contributed by atoms with E-state index >= 15 is 9.13 Å². The van der Waals surface area contributed by atoms with Crippen LogP contribution in [-0.4, -0.2) is 0 Å². The maximum atomic E-state index is 16.3. The van der Waals surface area contributed by atoms with Crippen molar-refractivity contribution in [2.24, 2.45) is 16.2 Å². The molecule has 2 saturated carbocycles. The van der Waals surface area contributed by atoms with E-state index in [9.17, 15) is 0 Å². The van der Waals surface area contributed by atoms with Crippen molar-refractivity contribution < 1.29 is 9.13 Å². The van der Waals surface area contributed by atoms with E-state index in [0.29, 0.717) is 0 Å². The maximum Gasteiger partial charge on any atom is 0.174 e. The van der Waals surface area contributed by atoms with Crippen LogP contribution in [0.5, 0.6) is 0 Å². The first-order valence-electron chi connectivity index (χ1n) is 21.2. The summed E-state index contributed by atoms with van der Waals surface area (Å²) in [4.78, 5) is 0. The molecule has 0 heterocycles. The summed E-state index contributed by atoms with van der Waals surface area (Å²) in [6.45, 7) is 39.9. The van der Waals surface area contributed by atoms with Gasteiger partial charge < -0.3 is 9.13 Å². The lowest BCUT2D eigenvalue weighted by Crippen LogP contribution is -2.20. The van der Waals surface area contributed by atoms with Gasteiger partial charge in [-0.25, -0.2) is 0 Å². The van der Waals surface area contributed by atoms with Crippen LogP contribution in [0, 0.1) is 16.2 Å². The van der Waals surface area contributed by atoms with Gasteiger partial charge in [0.1, 0.15) is 0 Å². The van der Waals surface area contributed by atoms with E-state index in [2.05, 4.69) is 220 Å². The summed E-state index contributed by atoms with van der Waals surface area (Å²) in [5.41, 5.74) is 10.2. The van der Waals surface area contributed by atoms with Gasteiger partial charge in [0.25, 0.3) is 0 Å². The third-order valence-corrected chi connectivity index (χ3v) is 20.1. The first-order valence-corrected chi connectivity index (χ1v) is 24.7. The topological polar surface area (TPSA) is 34.1 Å². The SMILES string of the molecule is CC(=C=C1C(C)(C)[C@@]12/C(=C(\C)P(=O)(c1ccc(C(C)(C)C)cc1)c1ccc(C(C)(C)C)cc1)C2(C)C)P(=O)(c1ccc(C(C)(C)C)cc1)c1ccc(C(C)(C)C)cc1. The Morgan fingerprint density at radius 3 is 0.948 bits per heavy atom. The summed E-state index contributed by atoms with van der Waals surface area (Å²) in [5, 5.41) is 5.11. The highest BCUT2D eigenvalue weighted by atomic mass is 31.2. The van der Waals surface area contributed by atoms with Crippen molar-refractivity contribution in [1.82, 2.24) is 0 Å². The number of benzene rings is 4. The van der Waals surface area contributed by atoms with E-state index in [1.54, 1.807) is 0 Å². The molecule has 2 aliphatic rings. The number of allylic oxidation sites excluding steroid dienone is 3. The monoisotopic (exact) mass is 812 g/mol. The summed E-state index contributed by atoms with van der Waals surface area (Å²) in [6, 6.07) is 33.9. The third kappa shape index (κ3) is 6.89. The van der Waals surface area contributed by atoms with Crippen molar-refractivity contribution in [2.75, 3.05) is 0 Å². The highest BCUT2D eigenvalue weighted by molar-refractivity contribution is 7.82. The van der Waals surface area contributed by atoms with Gasteiger partial charge in [-0.15, -0.1) is 5.73 Å². The van der Waals surface area contributed by atoms with E-state index in [1.807, 2.05) is 6.92 Å². The summed E-state index contributed by atoms with van der Waals surface area (Å²) in [5.74, 6) is 0. The molecule has 0 amide bonds. The van der Waals surface area contributed by atoms with Crippen molar-refractivity contribution in [1.29, 1.82) is 0 Å². The maximum absolute atomic E-state index is 16.3. The molecule has 1 atom stereocenters. The van der Waals surface area contributed by atoms with Crippen LogP contribution in [0.1, 0.15) is 147 Å². The average molecular weight is 813 g/mol. The van der Waals surface area contributed by atoms with Gasteiger partial charge in [-0.2, -0.15) is 0 Å². The first kappa shape index (κ1) is 44.2. The Bertz CT molecular complexity index is 2310. The van der Waals surface area contributed by atoms with Crippen LogP contribution in [-0.2, 0) is 30.8 Å². The summed E-state index contributed by atoms with van der Waals surface area (Å²) in [6.07, 6.45) is 0. The smallest absolute Gasteiger partial charge is 0.174 e. The lowest BCUT2D eigenvalue weighted by Gasteiger charge is -2.25. The van der Waals surface area contributed by atoms with Crippen molar-refractivity contribution >= 4 is 35.5 Å². The molecule has 0 aliphatic heterocycles. The molecule has 1 spiro atoms. The minimum absolute atomic E-state index is 0.0163. The lowest BCUT2D eigenvalue weighted by atomic mass is 9.87. The Kier molecular flexibility index (Phi) is 10.5. The number of rotatable bonds is 6. The molecule has 0 unspecified atom stereocenters. The van der Waals surface area contributed by atoms with Crippen LogP contribution < -0.4 is 21.2 Å². The zero-order chi connectivity index (χ0) is 43.4. The predicted molar refractivity (Wildman–Crippen MR) is 253 cm³/mol. The highest BCUT2D eigenvalue weighted by Crippen LogP contribution is 2.94. The van der Waals surface area contributed by atoms with Gasteiger partial charge in [-0.1, -0.05) is 208 Å². The van der Waals surface area contributed by atoms with Crippen molar-refractivity contribution in [3.63, 3.8) is 0 Å². The minimum Gasteiger partial charge on any atom is -0.309 e. The summed E-state index contributed by atoms with van der Waals surface area (Å²) >= 11 is 0. The molecule has 0 radical (unpaired) electrons. The predicted octanol–water partition coefficient (Wildman–Crippen LogP) is 14.0. The fraction of sp³-hybridized carbons (Fsp3) is 0.463. The van der Waals surface area contributed by atoms with Gasteiger partial charge in [-0.05, 0) is 74.2 Å². The fourth-order valence-corrected chi connectivity index (χ4v) is 15.4. The Hall–Kier alpha value is -3.40. The second-order valence-corrected chi connectivity index (χ2v) is 28.3. The van der Waals surface area contributed by atoms with Crippen LogP contribution in [0.3, 0.4) is 0 Å². The average Bonchev–Trinajstić information content (AvgIpc) is 3.86. The Balaban J connectivity index is 1.58. The van der Waals surface area contributed by atoms with E-state index < -0.39 is 14.3 Å². The molecule has 2 fully saturated rings. The molecule has 58 heavy (non-hydrogen) atoms. The lowest BCUT2D eigenvalue weighted by molar-refractivity contribution is 0.451. The molecular formula is C54H70O2P2.